The topological polar surface area (TPSA) is 49.4 Å². The summed E-state index contributed by atoms with van der Waals surface area (Å²) < 4.78 is 40.2. The maximum atomic E-state index is 13.8. The van der Waals surface area contributed by atoms with E-state index in [1.165, 1.54) is 4.90 Å². The standard InChI is InChI=1S/C24H21F3N2O2/c1-2-14-29(15-21(30)28-20-13-12-19(25)22(26)23(20)27)24(31)18-10-8-17(9-11-18)16-6-4-3-5-7-16/h3-13H,2,14-15H2,1H3,(H,28,30). The van der Waals surface area contributed by atoms with Crippen LogP contribution >= 0.6 is 0 Å². The van der Waals surface area contributed by atoms with Gasteiger partial charge in [0.25, 0.3) is 5.91 Å². The van der Waals surface area contributed by atoms with Crippen LogP contribution in [0.2, 0.25) is 0 Å². The fourth-order valence-corrected chi connectivity index (χ4v) is 3.13. The minimum atomic E-state index is -1.67. The predicted octanol–water partition coefficient (Wildman–Crippen LogP) is 5.26. The Hall–Kier alpha value is -3.61. The van der Waals surface area contributed by atoms with Gasteiger partial charge in [-0.1, -0.05) is 49.4 Å². The molecule has 0 bridgehead atoms. The van der Waals surface area contributed by atoms with E-state index in [9.17, 15) is 22.8 Å². The molecule has 2 amide bonds. The number of benzene rings is 3. The van der Waals surface area contributed by atoms with Crippen LogP contribution in [0.25, 0.3) is 11.1 Å². The van der Waals surface area contributed by atoms with Crippen LogP contribution in [0.5, 0.6) is 0 Å². The summed E-state index contributed by atoms with van der Waals surface area (Å²) in [6.45, 7) is 1.80. The Morgan fingerprint density at radius 3 is 2.13 bits per heavy atom. The van der Waals surface area contributed by atoms with Crippen molar-refractivity contribution in [3.05, 3.63) is 89.7 Å². The Morgan fingerprint density at radius 2 is 1.48 bits per heavy atom. The van der Waals surface area contributed by atoms with Crippen LogP contribution < -0.4 is 5.32 Å². The molecule has 0 aliphatic carbocycles. The number of carbonyl (C=O) groups excluding carboxylic acids is 2. The minimum Gasteiger partial charge on any atom is -0.329 e. The number of halogens is 3. The molecule has 3 aromatic carbocycles. The zero-order chi connectivity index (χ0) is 22.4. The number of amides is 2. The molecule has 0 atom stereocenters. The number of hydrogen-bond donors (Lipinski definition) is 1. The molecule has 0 heterocycles. The molecule has 1 N–H and O–H groups in total. The first-order valence-corrected chi connectivity index (χ1v) is 9.78. The van der Waals surface area contributed by atoms with Gasteiger partial charge in [0.1, 0.15) is 6.54 Å². The SMILES string of the molecule is CCCN(CC(=O)Nc1ccc(F)c(F)c1F)C(=O)c1ccc(-c2ccccc2)cc1. The number of hydrogen-bond acceptors (Lipinski definition) is 2. The summed E-state index contributed by atoms with van der Waals surface area (Å²) in [6, 6.07) is 18.3. The lowest BCUT2D eigenvalue weighted by Crippen LogP contribution is -2.38. The summed E-state index contributed by atoms with van der Waals surface area (Å²) in [5, 5.41) is 2.19. The average molecular weight is 426 g/mol. The molecule has 7 heteroatoms. The zero-order valence-electron chi connectivity index (χ0n) is 16.9. The smallest absolute Gasteiger partial charge is 0.254 e. The van der Waals surface area contributed by atoms with Gasteiger partial charge < -0.3 is 10.2 Å². The maximum absolute atomic E-state index is 13.8. The quantitative estimate of drug-likeness (QED) is 0.524. The van der Waals surface area contributed by atoms with Crippen LogP contribution in [-0.2, 0) is 4.79 Å². The first-order chi connectivity index (χ1) is 14.9. The van der Waals surface area contributed by atoms with E-state index >= 15 is 0 Å². The highest BCUT2D eigenvalue weighted by Crippen LogP contribution is 2.21. The molecule has 3 rings (SSSR count). The van der Waals surface area contributed by atoms with E-state index < -0.39 is 29.0 Å². The molecule has 0 radical (unpaired) electrons. The van der Waals surface area contributed by atoms with Crippen LogP contribution in [0.15, 0.2) is 66.7 Å². The van der Waals surface area contributed by atoms with Gasteiger partial charge in [0.2, 0.25) is 5.91 Å². The highest BCUT2D eigenvalue weighted by Gasteiger charge is 2.20. The Bertz CT molecular complexity index is 1070. The molecule has 0 aliphatic heterocycles. The monoisotopic (exact) mass is 426 g/mol. The van der Waals surface area contributed by atoms with Gasteiger partial charge in [-0.3, -0.25) is 9.59 Å². The summed E-state index contributed by atoms with van der Waals surface area (Å²) in [5.41, 5.74) is 1.88. The third kappa shape index (κ3) is 5.31. The molecule has 4 nitrogen and oxygen atoms in total. The molecule has 31 heavy (non-hydrogen) atoms. The third-order valence-corrected chi connectivity index (χ3v) is 4.66. The van der Waals surface area contributed by atoms with Gasteiger partial charge in [0.05, 0.1) is 5.69 Å². The lowest BCUT2D eigenvalue weighted by atomic mass is 10.0. The van der Waals surface area contributed by atoms with Crippen molar-refractivity contribution in [3.63, 3.8) is 0 Å². The highest BCUT2D eigenvalue weighted by atomic mass is 19.2. The highest BCUT2D eigenvalue weighted by molar-refractivity contribution is 5.99. The third-order valence-electron chi connectivity index (χ3n) is 4.66. The van der Waals surface area contributed by atoms with E-state index in [4.69, 9.17) is 0 Å². The molecule has 0 aliphatic rings. The largest absolute Gasteiger partial charge is 0.329 e. The predicted molar refractivity (Wildman–Crippen MR) is 113 cm³/mol. The molecule has 0 saturated heterocycles. The van der Waals surface area contributed by atoms with Gasteiger partial charge in [-0.2, -0.15) is 0 Å². The Morgan fingerprint density at radius 1 is 0.839 bits per heavy atom. The Balaban J connectivity index is 1.72. The van der Waals surface area contributed by atoms with E-state index in [0.29, 0.717) is 18.5 Å². The molecule has 0 saturated carbocycles. The van der Waals surface area contributed by atoms with Gasteiger partial charge in [-0.15, -0.1) is 0 Å². The molecule has 3 aromatic rings. The summed E-state index contributed by atoms with van der Waals surface area (Å²) >= 11 is 0. The van der Waals surface area contributed by atoms with Crippen molar-refractivity contribution in [2.24, 2.45) is 0 Å². The second kappa shape index (κ2) is 9.93. The van der Waals surface area contributed by atoms with E-state index in [0.717, 1.165) is 23.3 Å². The van der Waals surface area contributed by atoms with E-state index in [2.05, 4.69) is 5.32 Å². The Kier molecular flexibility index (Phi) is 7.07. The van der Waals surface area contributed by atoms with Crippen molar-refractivity contribution in [1.82, 2.24) is 4.90 Å². The number of nitrogens with one attached hydrogen (secondary N) is 1. The van der Waals surface area contributed by atoms with E-state index in [-0.39, 0.29) is 12.5 Å². The van der Waals surface area contributed by atoms with Gasteiger partial charge >= 0.3 is 0 Å². The van der Waals surface area contributed by atoms with Gasteiger partial charge in [0.15, 0.2) is 17.5 Å². The number of carbonyl (C=O) groups is 2. The second-order valence-corrected chi connectivity index (χ2v) is 6.94. The van der Waals surface area contributed by atoms with E-state index in [1.807, 2.05) is 49.4 Å². The van der Waals surface area contributed by atoms with Crippen LogP contribution in [0, 0.1) is 17.5 Å². The zero-order valence-corrected chi connectivity index (χ0v) is 16.9. The van der Waals surface area contributed by atoms with Crippen LogP contribution in [0.1, 0.15) is 23.7 Å². The second-order valence-electron chi connectivity index (χ2n) is 6.94. The first kappa shape index (κ1) is 22.1. The molecular formula is C24H21F3N2O2. The van der Waals surface area contributed by atoms with Crippen LogP contribution in [0.3, 0.4) is 0 Å². The maximum Gasteiger partial charge on any atom is 0.254 e. The summed E-state index contributed by atoms with van der Waals surface area (Å²) in [6.07, 6.45) is 0.598. The lowest BCUT2D eigenvalue weighted by molar-refractivity contribution is -0.116. The van der Waals surface area contributed by atoms with Crippen molar-refractivity contribution in [1.29, 1.82) is 0 Å². The lowest BCUT2D eigenvalue weighted by Gasteiger charge is -2.22. The Labute approximate surface area is 178 Å². The van der Waals surface area contributed by atoms with Crippen LogP contribution in [-0.4, -0.2) is 29.8 Å². The van der Waals surface area contributed by atoms with Crippen molar-refractivity contribution >= 4 is 17.5 Å². The first-order valence-electron chi connectivity index (χ1n) is 9.78. The fourth-order valence-electron chi connectivity index (χ4n) is 3.13. The van der Waals surface area contributed by atoms with E-state index in [1.54, 1.807) is 12.1 Å². The van der Waals surface area contributed by atoms with Gasteiger partial charge in [-0.25, -0.2) is 13.2 Å². The normalized spacial score (nSPS) is 10.6. The molecule has 160 valence electrons. The average Bonchev–Trinajstić information content (AvgIpc) is 2.79. The summed E-state index contributed by atoms with van der Waals surface area (Å²) in [5.74, 6) is -5.58. The molecular weight excluding hydrogens is 405 g/mol. The van der Waals surface area contributed by atoms with Crippen molar-refractivity contribution in [3.8, 4) is 11.1 Å². The van der Waals surface area contributed by atoms with Crippen LogP contribution in [0.4, 0.5) is 18.9 Å². The van der Waals surface area contributed by atoms with Gasteiger partial charge in [0, 0.05) is 12.1 Å². The van der Waals surface area contributed by atoms with Crippen molar-refractivity contribution in [2.75, 3.05) is 18.4 Å². The van der Waals surface area contributed by atoms with Crippen molar-refractivity contribution in [2.45, 2.75) is 13.3 Å². The van der Waals surface area contributed by atoms with Crippen molar-refractivity contribution < 1.29 is 22.8 Å². The molecule has 0 aromatic heterocycles. The number of anilines is 1. The summed E-state index contributed by atoms with van der Waals surface area (Å²) in [7, 11) is 0. The molecule has 0 spiro atoms. The summed E-state index contributed by atoms with van der Waals surface area (Å²) in [4.78, 5) is 26.6. The molecule has 0 fully saturated rings. The number of rotatable bonds is 7. The minimum absolute atomic E-state index is 0.299. The number of nitrogens with zero attached hydrogens (tertiary/aromatic N) is 1. The van der Waals surface area contributed by atoms with Gasteiger partial charge in [-0.05, 0) is 41.8 Å². The molecule has 0 unspecified atom stereocenters. The fraction of sp³-hybridized carbons (Fsp3) is 0.167.